The average molecular weight is 306 g/mol. The maximum atomic E-state index is 8.98. The SMILES string of the molecule is Cc1cccc(NCc2ccc(CO)cc2)c1Br. The van der Waals surface area contributed by atoms with Gasteiger partial charge in [0.05, 0.1) is 6.61 Å². The molecule has 0 aromatic heterocycles. The van der Waals surface area contributed by atoms with Crippen LogP contribution in [-0.4, -0.2) is 5.11 Å². The molecule has 0 heterocycles. The largest absolute Gasteiger partial charge is 0.392 e. The highest BCUT2D eigenvalue weighted by Crippen LogP contribution is 2.26. The van der Waals surface area contributed by atoms with Crippen LogP contribution in [0, 0.1) is 6.92 Å². The highest BCUT2D eigenvalue weighted by molar-refractivity contribution is 9.10. The molecule has 0 bridgehead atoms. The van der Waals surface area contributed by atoms with Crippen LogP contribution in [0.2, 0.25) is 0 Å². The summed E-state index contributed by atoms with van der Waals surface area (Å²) in [6.07, 6.45) is 0. The van der Waals surface area contributed by atoms with Crippen molar-refractivity contribution in [3.05, 3.63) is 63.6 Å². The first-order valence-corrected chi connectivity index (χ1v) is 6.67. The molecular formula is C15H16BrNO. The normalized spacial score (nSPS) is 10.4. The molecule has 3 heteroatoms. The van der Waals surface area contributed by atoms with Crippen LogP contribution in [0.25, 0.3) is 0 Å². The van der Waals surface area contributed by atoms with Crippen molar-refractivity contribution in [3.63, 3.8) is 0 Å². The van der Waals surface area contributed by atoms with Crippen LogP contribution in [0.1, 0.15) is 16.7 Å². The zero-order valence-electron chi connectivity index (χ0n) is 10.3. The van der Waals surface area contributed by atoms with E-state index < -0.39 is 0 Å². The number of nitrogens with one attached hydrogen (secondary N) is 1. The van der Waals surface area contributed by atoms with E-state index in [1.54, 1.807) is 0 Å². The van der Waals surface area contributed by atoms with Crippen LogP contribution in [0.3, 0.4) is 0 Å². The molecule has 0 spiro atoms. The Labute approximate surface area is 116 Å². The number of anilines is 1. The molecule has 0 amide bonds. The molecule has 0 aliphatic rings. The third kappa shape index (κ3) is 3.12. The second-order valence-electron chi connectivity index (χ2n) is 4.26. The molecule has 2 aromatic rings. The van der Waals surface area contributed by atoms with E-state index in [-0.39, 0.29) is 6.61 Å². The first-order chi connectivity index (χ1) is 8.70. The third-order valence-corrected chi connectivity index (χ3v) is 3.93. The Hall–Kier alpha value is -1.32. The standard InChI is InChI=1S/C15H16BrNO/c1-11-3-2-4-14(15(11)16)17-9-12-5-7-13(10-18)8-6-12/h2-8,17-18H,9-10H2,1H3. The lowest BCUT2D eigenvalue weighted by atomic mass is 10.1. The quantitative estimate of drug-likeness (QED) is 0.899. The maximum absolute atomic E-state index is 8.98. The van der Waals surface area contributed by atoms with E-state index in [1.165, 1.54) is 11.1 Å². The maximum Gasteiger partial charge on any atom is 0.0681 e. The van der Waals surface area contributed by atoms with E-state index in [1.807, 2.05) is 30.3 Å². The first-order valence-electron chi connectivity index (χ1n) is 5.88. The molecule has 2 N–H and O–H groups in total. The molecule has 0 radical (unpaired) electrons. The Morgan fingerprint density at radius 2 is 1.72 bits per heavy atom. The van der Waals surface area contributed by atoms with E-state index in [0.717, 1.165) is 22.3 Å². The lowest BCUT2D eigenvalue weighted by Gasteiger charge is -2.10. The number of aryl methyl sites for hydroxylation is 1. The highest BCUT2D eigenvalue weighted by atomic mass is 79.9. The van der Waals surface area contributed by atoms with Gasteiger partial charge in [0, 0.05) is 16.7 Å². The minimum Gasteiger partial charge on any atom is -0.392 e. The van der Waals surface area contributed by atoms with E-state index in [2.05, 4.69) is 40.3 Å². The minimum atomic E-state index is 0.0944. The fourth-order valence-electron chi connectivity index (χ4n) is 1.74. The predicted molar refractivity (Wildman–Crippen MR) is 78.6 cm³/mol. The zero-order chi connectivity index (χ0) is 13.0. The monoisotopic (exact) mass is 305 g/mol. The van der Waals surface area contributed by atoms with Crippen molar-refractivity contribution in [2.24, 2.45) is 0 Å². The molecule has 2 aromatic carbocycles. The van der Waals surface area contributed by atoms with E-state index >= 15 is 0 Å². The van der Waals surface area contributed by atoms with Crippen molar-refractivity contribution in [1.82, 2.24) is 0 Å². The van der Waals surface area contributed by atoms with Crippen molar-refractivity contribution in [1.29, 1.82) is 0 Å². The predicted octanol–water partition coefficient (Wildman–Crippen LogP) is 3.86. The molecule has 0 aliphatic heterocycles. The van der Waals surface area contributed by atoms with Gasteiger partial charge in [-0.2, -0.15) is 0 Å². The Bertz CT molecular complexity index is 523. The van der Waals surface area contributed by atoms with Gasteiger partial charge in [-0.05, 0) is 45.6 Å². The molecule has 18 heavy (non-hydrogen) atoms. The van der Waals surface area contributed by atoms with Gasteiger partial charge in [0.2, 0.25) is 0 Å². The molecule has 94 valence electrons. The van der Waals surface area contributed by atoms with Gasteiger partial charge in [0.1, 0.15) is 0 Å². The number of aliphatic hydroxyl groups excluding tert-OH is 1. The first kappa shape index (κ1) is 13.1. The zero-order valence-corrected chi connectivity index (χ0v) is 11.9. The van der Waals surface area contributed by atoms with Crippen LogP contribution >= 0.6 is 15.9 Å². The number of hydrogen-bond acceptors (Lipinski definition) is 2. The average Bonchev–Trinajstić information content (AvgIpc) is 2.41. The molecule has 2 nitrogen and oxygen atoms in total. The summed E-state index contributed by atoms with van der Waals surface area (Å²) in [5, 5.41) is 12.4. The summed E-state index contributed by atoms with van der Waals surface area (Å²) < 4.78 is 1.11. The summed E-state index contributed by atoms with van der Waals surface area (Å²) in [6.45, 7) is 2.94. The third-order valence-electron chi connectivity index (χ3n) is 2.88. The van der Waals surface area contributed by atoms with Gasteiger partial charge in [-0.15, -0.1) is 0 Å². The molecule has 0 saturated carbocycles. The van der Waals surface area contributed by atoms with Gasteiger partial charge in [0.15, 0.2) is 0 Å². The number of aliphatic hydroxyl groups is 1. The van der Waals surface area contributed by atoms with E-state index in [9.17, 15) is 0 Å². The minimum absolute atomic E-state index is 0.0944. The van der Waals surface area contributed by atoms with Crippen LogP contribution in [0.4, 0.5) is 5.69 Å². The lowest BCUT2D eigenvalue weighted by Crippen LogP contribution is -2.00. The summed E-state index contributed by atoms with van der Waals surface area (Å²) in [6, 6.07) is 14.1. The van der Waals surface area contributed by atoms with Gasteiger partial charge >= 0.3 is 0 Å². The fourth-order valence-corrected chi connectivity index (χ4v) is 2.15. The van der Waals surface area contributed by atoms with Crippen LogP contribution in [-0.2, 0) is 13.2 Å². The molecule has 0 atom stereocenters. The number of hydrogen-bond donors (Lipinski definition) is 2. The highest BCUT2D eigenvalue weighted by Gasteiger charge is 2.01. The fraction of sp³-hybridized carbons (Fsp3) is 0.200. The summed E-state index contributed by atoms with van der Waals surface area (Å²) in [5.41, 5.74) is 4.45. The van der Waals surface area contributed by atoms with Crippen molar-refractivity contribution < 1.29 is 5.11 Å². The van der Waals surface area contributed by atoms with Crippen LogP contribution < -0.4 is 5.32 Å². The van der Waals surface area contributed by atoms with E-state index in [4.69, 9.17) is 5.11 Å². The van der Waals surface area contributed by atoms with Crippen LogP contribution in [0.5, 0.6) is 0 Å². The summed E-state index contributed by atoms with van der Waals surface area (Å²) in [7, 11) is 0. The van der Waals surface area contributed by atoms with Crippen molar-refractivity contribution in [2.75, 3.05) is 5.32 Å². The van der Waals surface area contributed by atoms with Crippen molar-refractivity contribution in [2.45, 2.75) is 20.1 Å². The Morgan fingerprint density at radius 1 is 1.06 bits per heavy atom. The van der Waals surface area contributed by atoms with Gasteiger partial charge in [-0.1, -0.05) is 36.4 Å². The molecule has 0 fully saturated rings. The molecule has 0 unspecified atom stereocenters. The Morgan fingerprint density at radius 3 is 2.39 bits per heavy atom. The van der Waals surface area contributed by atoms with Gasteiger partial charge in [-0.25, -0.2) is 0 Å². The Kier molecular flexibility index (Phi) is 4.39. The second-order valence-corrected chi connectivity index (χ2v) is 5.06. The number of rotatable bonds is 4. The number of benzene rings is 2. The lowest BCUT2D eigenvalue weighted by molar-refractivity contribution is 0.282. The molecular weight excluding hydrogens is 290 g/mol. The molecule has 0 saturated heterocycles. The summed E-state index contributed by atoms with van der Waals surface area (Å²) in [5.74, 6) is 0. The second kappa shape index (κ2) is 6.03. The van der Waals surface area contributed by atoms with E-state index in [0.29, 0.717) is 0 Å². The smallest absolute Gasteiger partial charge is 0.0681 e. The van der Waals surface area contributed by atoms with Crippen LogP contribution in [0.15, 0.2) is 46.9 Å². The van der Waals surface area contributed by atoms with Gasteiger partial charge in [-0.3, -0.25) is 0 Å². The molecule has 2 rings (SSSR count). The van der Waals surface area contributed by atoms with Gasteiger partial charge in [0.25, 0.3) is 0 Å². The van der Waals surface area contributed by atoms with Gasteiger partial charge < -0.3 is 10.4 Å². The Balaban J connectivity index is 2.04. The summed E-state index contributed by atoms with van der Waals surface area (Å²) >= 11 is 3.58. The van der Waals surface area contributed by atoms with Crippen molar-refractivity contribution >= 4 is 21.6 Å². The summed E-state index contributed by atoms with van der Waals surface area (Å²) in [4.78, 5) is 0. The molecule has 0 aliphatic carbocycles. The number of halogens is 1. The van der Waals surface area contributed by atoms with Crippen molar-refractivity contribution in [3.8, 4) is 0 Å². The topological polar surface area (TPSA) is 32.3 Å².